The van der Waals surface area contributed by atoms with E-state index in [1.165, 1.54) is 13.0 Å². The molecule has 56 valence electrons. The normalized spacial score (nSPS) is 12.5. The van der Waals surface area contributed by atoms with E-state index in [0.717, 1.165) is 0 Å². The molecule has 0 saturated carbocycles. The standard InChI is InChI=1S/C4H7ClO3S.Na.H/c1-4(5)2-3-9(6,7)8;;/h2H,3H2,1H3,(H,6,7,8);;. The molecule has 0 radical (unpaired) electrons. The first-order chi connectivity index (χ1) is 3.92. The molecule has 0 unspecified atom stereocenters. The van der Waals surface area contributed by atoms with Gasteiger partial charge in [-0.25, -0.2) is 0 Å². The molecule has 0 aliphatic rings. The van der Waals surface area contributed by atoms with E-state index >= 15 is 0 Å². The molecule has 0 bridgehead atoms. The van der Waals surface area contributed by atoms with E-state index in [-0.39, 0.29) is 29.6 Å². The zero-order valence-electron chi connectivity index (χ0n) is 4.83. The quantitative estimate of drug-likeness (QED) is 0.511. The van der Waals surface area contributed by atoms with E-state index in [1.54, 1.807) is 0 Å². The van der Waals surface area contributed by atoms with Crippen molar-refractivity contribution in [3.05, 3.63) is 11.1 Å². The first-order valence-corrected chi connectivity index (χ1v) is 4.18. The van der Waals surface area contributed by atoms with Crippen molar-refractivity contribution in [3.63, 3.8) is 0 Å². The Labute approximate surface area is 87.5 Å². The van der Waals surface area contributed by atoms with Crippen molar-refractivity contribution >= 4 is 51.3 Å². The van der Waals surface area contributed by atoms with Gasteiger partial charge in [0.05, 0.1) is 5.75 Å². The maximum atomic E-state index is 9.99. The van der Waals surface area contributed by atoms with Crippen molar-refractivity contribution in [3.8, 4) is 0 Å². The van der Waals surface area contributed by atoms with Crippen molar-refractivity contribution in [2.24, 2.45) is 0 Å². The van der Waals surface area contributed by atoms with Crippen LogP contribution in [0.2, 0.25) is 0 Å². The van der Waals surface area contributed by atoms with Crippen molar-refractivity contribution in [1.29, 1.82) is 0 Å². The Balaban J connectivity index is 0. The number of hydrogen-bond donors (Lipinski definition) is 1. The van der Waals surface area contributed by atoms with Crippen LogP contribution >= 0.6 is 11.6 Å². The van der Waals surface area contributed by atoms with Gasteiger partial charge >= 0.3 is 29.6 Å². The fraction of sp³-hybridized carbons (Fsp3) is 0.500. The van der Waals surface area contributed by atoms with Gasteiger partial charge in [-0.3, -0.25) is 4.55 Å². The summed E-state index contributed by atoms with van der Waals surface area (Å²) in [7, 11) is -3.88. The van der Waals surface area contributed by atoms with Crippen LogP contribution in [0.5, 0.6) is 0 Å². The fourth-order valence-electron chi connectivity index (χ4n) is 0.220. The topological polar surface area (TPSA) is 54.4 Å². The summed E-state index contributed by atoms with van der Waals surface area (Å²) in [5.74, 6) is -0.414. The second kappa shape index (κ2) is 5.57. The molecule has 0 aromatic carbocycles. The van der Waals surface area contributed by atoms with E-state index in [4.69, 9.17) is 16.2 Å². The molecule has 0 fully saturated rings. The van der Waals surface area contributed by atoms with Crippen molar-refractivity contribution in [2.45, 2.75) is 6.92 Å². The van der Waals surface area contributed by atoms with Crippen molar-refractivity contribution < 1.29 is 13.0 Å². The first kappa shape index (κ1) is 13.5. The molecule has 0 spiro atoms. The third-order valence-electron chi connectivity index (χ3n) is 0.575. The zero-order valence-corrected chi connectivity index (χ0v) is 6.41. The summed E-state index contributed by atoms with van der Waals surface area (Å²) in [6, 6.07) is 0. The summed E-state index contributed by atoms with van der Waals surface area (Å²) in [5.41, 5.74) is 0. The average molecular weight is 195 g/mol. The Kier molecular flexibility index (Phi) is 7.54. The molecule has 0 amide bonds. The Hall–Kier alpha value is 0.940. The Morgan fingerprint density at radius 3 is 2.20 bits per heavy atom. The molecule has 1 N–H and O–H groups in total. The summed E-state index contributed by atoms with van der Waals surface area (Å²) in [6.07, 6.45) is 1.22. The molecule has 10 heavy (non-hydrogen) atoms. The zero-order chi connectivity index (χ0) is 7.49. The second-order valence-corrected chi connectivity index (χ2v) is 3.63. The predicted molar refractivity (Wildman–Crippen MR) is 43.2 cm³/mol. The van der Waals surface area contributed by atoms with Crippen molar-refractivity contribution in [1.82, 2.24) is 0 Å². The minimum absolute atomic E-state index is 0. The van der Waals surface area contributed by atoms with Crippen LogP contribution in [-0.4, -0.2) is 48.3 Å². The number of hydrogen-bond acceptors (Lipinski definition) is 2. The van der Waals surface area contributed by atoms with E-state index in [2.05, 4.69) is 0 Å². The van der Waals surface area contributed by atoms with Gasteiger partial charge in [0.25, 0.3) is 10.1 Å². The van der Waals surface area contributed by atoms with E-state index in [0.29, 0.717) is 5.03 Å². The number of rotatable bonds is 2. The van der Waals surface area contributed by atoms with Gasteiger partial charge in [-0.15, -0.1) is 0 Å². The third-order valence-corrected chi connectivity index (χ3v) is 1.32. The van der Waals surface area contributed by atoms with Gasteiger partial charge < -0.3 is 0 Å². The minimum atomic E-state index is -3.88. The summed E-state index contributed by atoms with van der Waals surface area (Å²) in [5, 5.41) is 0.354. The molecule has 0 rings (SSSR count). The van der Waals surface area contributed by atoms with E-state index < -0.39 is 15.9 Å². The molecule has 6 heteroatoms. The van der Waals surface area contributed by atoms with E-state index in [1.807, 2.05) is 0 Å². The Morgan fingerprint density at radius 2 is 2.10 bits per heavy atom. The molecule has 0 saturated heterocycles. The van der Waals surface area contributed by atoms with Crippen LogP contribution in [0.1, 0.15) is 6.92 Å². The van der Waals surface area contributed by atoms with Crippen LogP contribution in [0.15, 0.2) is 11.1 Å². The third kappa shape index (κ3) is 11.7. The summed E-state index contributed by atoms with van der Waals surface area (Å²) in [6.45, 7) is 1.53. The van der Waals surface area contributed by atoms with Crippen molar-refractivity contribution in [2.75, 3.05) is 5.75 Å². The number of halogens is 1. The van der Waals surface area contributed by atoms with Gasteiger partial charge in [-0.1, -0.05) is 17.7 Å². The van der Waals surface area contributed by atoms with Gasteiger partial charge in [0.1, 0.15) is 0 Å². The first-order valence-electron chi connectivity index (χ1n) is 2.19. The molecular formula is C4H8ClNaO3S. The monoisotopic (exact) mass is 194 g/mol. The van der Waals surface area contributed by atoms with Crippen LogP contribution in [0.25, 0.3) is 0 Å². The molecule has 0 aromatic rings. The van der Waals surface area contributed by atoms with Crippen LogP contribution in [0.4, 0.5) is 0 Å². The SMILES string of the molecule is CC(Cl)=CCS(=O)(=O)O.[NaH]. The Morgan fingerprint density at radius 1 is 1.70 bits per heavy atom. The van der Waals surface area contributed by atoms with Crippen LogP contribution in [0.3, 0.4) is 0 Å². The van der Waals surface area contributed by atoms with Gasteiger partial charge in [0, 0.05) is 5.03 Å². The predicted octanol–water partition coefficient (Wildman–Crippen LogP) is 0.368. The summed E-state index contributed by atoms with van der Waals surface area (Å²) >= 11 is 5.27. The molecule has 3 nitrogen and oxygen atoms in total. The maximum absolute atomic E-state index is 9.99. The molecular weight excluding hydrogens is 187 g/mol. The Bertz CT molecular complexity index is 205. The fourth-order valence-corrected chi connectivity index (χ4v) is 0.849. The van der Waals surface area contributed by atoms with Gasteiger partial charge in [0.2, 0.25) is 0 Å². The van der Waals surface area contributed by atoms with Crippen LogP contribution in [0, 0.1) is 0 Å². The van der Waals surface area contributed by atoms with Gasteiger partial charge in [-0.05, 0) is 6.92 Å². The summed E-state index contributed by atoms with van der Waals surface area (Å²) < 4.78 is 28.1. The molecule has 0 aliphatic carbocycles. The average Bonchev–Trinajstić information content (AvgIpc) is 1.59. The second-order valence-electron chi connectivity index (χ2n) is 1.54. The van der Waals surface area contributed by atoms with Crippen LogP contribution in [-0.2, 0) is 10.1 Å². The molecule has 0 heterocycles. The molecule has 0 atom stereocenters. The summed E-state index contributed by atoms with van der Waals surface area (Å²) in [4.78, 5) is 0. The molecule has 0 aromatic heterocycles. The molecule has 0 aliphatic heterocycles. The van der Waals surface area contributed by atoms with Gasteiger partial charge in [-0.2, -0.15) is 8.42 Å². The number of allylic oxidation sites excluding steroid dienone is 1. The van der Waals surface area contributed by atoms with Crippen LogP contribution < -0.4 is 0 Å². The van der Waals surface area contributed by atoms with Gasteiger partial charge in [0.15, 0.2) is 0 Å². The van der Waals surface area contributed by atoms with E-state index in [9.17, 15) is 8.42 Å².